The molecular weight excluding hydrogens is 855 g/mol. The Kier molecular flexibility index (Phi) is 30.7. The lowest BCUT2D eigenvalue weighted by Gasteiger charge is -2.34. The van der Waals surface area contributed by atoms with Gasteiger partial charge in [0.05, 0.1) is 10.8 Å². The number of anilines is 1. The molecule has 0 N–H and O–H groups in total. The average molecular weight is 949 g/mol. The number of hydrogen-bond acceptors (Lipinski definition) is 1. The van der Waals surface area contributed by atoms with E-state index in [0.29, 0.717) is 0 Å². The van der Waals surface area contributed by atoms with Gasteiger partial charge in [-0.05, 0) is 92.7 Å². The predicted molar refractivity (Wildman–Crippen MR) is 322 cm³/mol. The maximum absolute atomic E-state index is 2.43. The van der Waals surface area contributed by atoms with Crippen molar-refractivity contribution < 1.29 is 0 Å². The van der Waals surface area contributed by atoms with E-state index in [1.165, 1.54) is 72.4 Å². The lowest BCUT2D eigenvalue weighted by atomic mass is 9.67. The average Bonchev–Trinajstić information content (AvgIpc) is 3.97. The highest BCUT2D eigenvalue weighted by Gasteiger charge is 2.47. The van der Waals surface area contributed by atoms with Crippen LogP contribution >= 0.6 is 0 Å². The molecule has 0 atom stereocenters. The molecule has 0 saturated heterocycles. The molecule has 0 spiro atoms. The van der Waals surface area contributed by atoms with E-state index >= 15 is 0 Å². The first-order valence-corrected chi connectivity index (χ1v) is 27.6. The molecule has 2 aliphatic carbocycles. The molecule has 71 heavy (non-hydrogen) atoms. The molecule has 0 radical (unpaired) electrons. The molecule has 0 unspecified atom stereocenters. The molecule has 10 rings (SSSR count). The first-order valence-electron chi connectivity index (χ1n) is 27.6. The Morgan fingerprint density at radius 2 is 0.479 bits per heavy atom. The van der Waals surface area contributed by atoms with Crippen LogP contribution in [0.1, 0.15) is 169 Å². The van der Waals surface area contributed by atoms with Crippen molar-refractivity contribution in [2.45, 2.75) is 135 Å². The van der Waals surface area contributed by atoms with Crippen LogP contribution in [0.25, 0.3) is 22.3 Å². The molecule has 0 aromatic heterocycles. The third-order valence-electron chi connectivity index (χ3n) is 11.9. The molecule has 378 valence electrons. The summed E-state index contributed by atoms with van der Waals surface area (Å²) in [6.45, 7) is 38.5. The minimum absolute atomic E-state index is 0.254. The lowest BCUT2D eigenvalue weighted by molar-refractivity contribution is 0.766. The third-order valence-corrected chi connectivity index (χ3v) is 11.9. The summed E-state index contributed by atoms with van der Waals surface area (Å²) in [5.74, 6) is 0. The molecule has 0 aliphatic heterocycles. The number of hydrogen-bond donors (Lipinski definition) is 0. The van der Waals surface area contributed by atoms with Gasteiger partial charge in [0.15, 0.2) is 0 Å². The largest absolute Gasteiger partial charge is 0.372 e. The van der Waals surface area contributed by atoms with Crippen LogP contribution < -0.4 is 4.90 Å². The first-order chi connectivity index (χ1) is 35.2. The molecule has 0 bridgehead atoms. The molecule has 2 aliphatic rings. The zero-order valence-electron chi connectivity index (χ0n) is 47.6. The third kappa shape index (κ3) is 13.1. The van der Waals surface area contributed by atoms with Crippen LogP contribution in [-0.2, 0) is 10.8 Å². The molecule has 8 aromatic carbocycles. The summed E-state index contributed by atoms with van der Waals surface area (Å²) in [6, 6.07) is 77.4. The van der Waals surface area contributed by atoms with E-state index in [9.17, 15) is 0 Å². The number of nitrogens with zero attached hydrogens (tertiary/aromatic N) is 1. The van der Waals surface area contributed by atoms with Crippen molar-refractivity contribution in [3.63, 3.8) is 0 Å². The summed E-state index contributed by atoms with van der Waals surface area (Å²) in [7, 11) is 0. The fraction of sp³-hybridized carbons (Fsp3) is 0.314. The SMILES string of the molecule is CC.CC.CC.CC.CC.CC.CC.CC.CCN(CC)c1ccc2c(c1)C(c1ccccc1)(c1ccccc1)c1ccccc1-2.c1ccc(C2(c3ccccc3)c3ccccc3-c3ccccc32)cc1. The standard InChI is InChI=1S/C29H27N.C25H18.8C2H6/c1-3-30(4-2)24-19-20-26-25-17-11-12-18-27(25)29(28(26)21-24,22-13-7-5-8-14-22)23-15-9-6-10-16-23;1-3-11-19(12-4-1)25(20-13-5-2-6-14-20)23-17-9-7-15-21(23)22-16-8-10-18-24(22)25;8*1-2/h5-21H,3-4H2,1-2H3;1-18H;8*1-2H3. The van der Waals surface area contributed by atoms with Crippen molar-refractivity contribution in [2.75, 3.05) is 18.0 Å². The van der Waals surface area contributed by atoms with E-state index in [-0.39, 0.29) is 10.8 Å². The summed E-state index contributed by atoms with van der Waals surface area (Å²) in [5, 5.41) is 0. The van der Waals surface area contributed by atoms with Crippen molar-refractivity contribution in [1.82, 2.24) is 0 Å². The predicted octanol–water partition coefficient (Wildman–Crippen LogP) is 21.2. The van der Waals surface area contributed by atoms with E-state index in [1.807, 2.05) is 111 Å². The fourth-order valence-corrected chi connectivity index (χ4v) is 9.62. The van der Waals surface area contributed by atoms with Gasteiger partial charge in [0.2, 0.25) is 0 Å². The van der Waals surface area contributed by atoms with Gasteiger partial charge in [0, 0.05) is 18.8 Å². The van der Waals surface area contributed by atoms with Crippen molar-refractivity contribution >= 4 is 5.69 Å². The van der Waals surface area contributed by atoms with E-state index in [4.69, 9.17) is 0 Å². The summed E-state index contributed by atoms with van der Waals surface area (Å²) in [4.78, 5) is 2.43. The fourth-order valence-electron chi connectivity index (χ4n) is 9.62. The molecule has 0 amide bonds. The van der Waals surface area contributed by atoms with Crippen molar-refractivity contribution in [1.29, 1.82) is 0 Å². The molecule has 1 nitrogen and oxygen atoms in total. The summed E-state index contributed by atoms with van der Waals surface area (Å²) < 4.78 is 0. The van der Waals surface area contributed by atoms with E-state index in [1.54, 1.807) is 0 Å². The van der Waals surface area contributed by atoms with Gasteiger partial charge in [0.1, 0.15) is 0 Å². The van der Waals surface area contributed by atoms with Gasteiger partial charge in [0.25, 0.3) is 0 Å². The smallest absolute Gasteiger partial charge is 0.0714 e. The zero-order chi connectivity index (χ0) is 53.2. The number of fused-ring (bicyclic) bond motifs is 6. The van der Waals surface area contributed by atoms with E-state index < -0.39 is 0 Å². The Labute approximate surface area is 436 Å². The van der Waals surface area contributed by atoms with Crippen LogP contribution in [0.4, 0.5) is 5.69 Å². The molecular formula is C70H93N. The van der Waals surface area contributed by atoms with Crippen LogP contribution in [0.5, 0.6) is 0 Å². The van der Waals surface area contributed by atoms with Gasteiger partial charge in [-0.25, -0.2) is 0 Å². The highest BCUT2D eigenvalue weighted by molar-refractivity contribution is 5.88. The molecule has 0 saturated carbocycles. The van der Waals surface area contributed by atoms with Crippen LogP contribution in [-0.4, -0.2) is 13.1 Å². The molecule has 1 heteroatoms. The first kappa shape index (κ1) is 62.6. The van der Waals surface area contributed by atoms with Gasteiger partial charge in [-0.15, -0.1) is 0 Å². The Balaban J connectivity index is 0.000000559. The highest BCUT2D eigenvalue weighted by atomic mass is 15.1. The quantitative estimate of drug-likeness (QED) is 0.154. The topological polar surface area (TPSA) is 3.24 Å². The summed E-state index contributed by atoms with van der Waals surface area (Å²) >= 11 is 0. The van der Waals surface area contributed by atoms with Crippen molar-refractivity contribution in [3.05, 3.63) is 257 Å². The second-order valence-electron chi connectivity index (χ2n) is 14.5. The van der Waals surface area contributed by atoms with Crippen molar-refractivity contribution in [2.24, 2.45) is 0 Å². The van der Waals surface area contributed by atoms with Crippen molar-refractivity contribution in [3.8, 4) is 22.3 Å². The Hall–Kier alpha value is -6.44. The highest BCUT2D eigenvalue weighted by Crippen LogP contribution is 2.57. The minimum Gasteiger partial charge on any atom is -0.372 e. The maximum Gasteiger partial charge on any atom is 0.0714 e. The maximum atomic E-state index is 2.43. The lowest BCUT2D eigenvalue weighted by Crippen LogP contribution is -2.29. The Morgan fingerprint density at radius 3 is 0.746 bits per heavy atom. The van der Waals surface area contributed by atoms with Gasteiger partial charge >= 0.3 is 0 Å². The summed E-state index contributed by atoms with van der Waals surface area (Å²) in [5.41, 5.74) is 16.9. The van der Waals surface area contributed by atoms with E-state index in [0.717, 1.165) is 13.1 Å². The zero-order valence-corrected chi connectivity index (χ0v) is 47.6. The van der Waals surface area contributed by atoms with Crippen LogP contribution in [0.2, 0.25) is 0 Å². The molecule has 0 fully saturated rings. The second kappa shape index (κ2) is 34.8. The van der Waals surface area contributed by atoms with Crippen LogP contribution in [0.15, 0.2) is 212 Å². The van der Waals surface area contributed by atoms with Gasteiger partial charge in [-0.1, -0.05) is 311 Å². The Bertz CT molecular complexity index is 2430. The normalized spacial score (nSPS) is 11.3. The van der Waals surface area contributed by atoms with E-state index in [2.05, 4.69) is 231 Å². The summed E-state index contributed by atoms with van der Waals surface area (Å²) in [6.07, 6.45) is 0. The second-order valence-corrected chi connectivity index (χ2v) is 14.5. The number of rotatable bonds is 7. The van der Waals surface area contributed by atoms with Crippen LogP contribution in [0.3, 0.4) is 0 Å². The molecule has 0 heterocycles. The Morgan fingerprint density at radius 1 is 0.254 bits per heavy atom. The minimum atomic E-state index is -0.308. The monoisotopic (exact) mass is 948 g/mol. The molecule has 8 aromatic rings. The van der Waals surface area contributed by atoms with Gasteiger partial charge in [-0.3, -0.25) is 0 Å². The van der Waals surface area contributed by atoms with Gasteiger partial charge in [-0.2, -0.15) is 0 Å². The van der Waals surface area contributed by atoms with Gasteiger partial charge < -0.3 is 4.90 Å². The van der Waals surface area contributed by atoms with Crippen LogP contribution in [0, 0.1) is 0 Å². The number of benzene rings is 8.